The lowest BCUT2D eigenvalue weighted by molar-refractivity contribution is -0.147. The molecule has 1 aliphatic heterocycles. The first-order valence-electron chi connectivity index (χ1n) is 14.2. The van der Waals surface area contributed by atoms with Gasteiger partial charge in [0.2, 0.25) is 23.6 Å². The Kier molecular flexibility index (Phi) is 7.30. The second-order valence-corrected chi connectivity index (χ2v) is 13.4. The van der Waals surface area contributed by atoms with Crippen LogP contribution in [0.1, 0.15) is 59.2 Å². The highest BCUT2D eigenvalue weighted by Crippen LogP contribution is 2.65. The van der Waals surface area contributed by atoms with Crippen molar-refractivity contribution in [3.63, 3.8) is 0 Å². The molecule has 1 aromatic carbocycles. The zero-order valence-electron chi connectivity index (χ0n) is 24.5. The zero-order chi connectivity index (χ0) is 29.9. The summed E-state index contributed by atoms with van der Waals surface area (Å²) in [7, 11) is 1.50. The number of hydrogen-bond acceptors (Lipinski definition) is 7. The summed E-state index contributed by atoms with van der Waals surface area (Å²) in [5, 5.41) is 15.3. The maximum absolute atomic E-state index is 14.2. The molecule has 4 N–H and O–H groups in total. The minimum absolute atomic E-state index is 0.104. The number of methoxy groups -OCH3 is 1. The summed E-state index contributed by atoms with van der Waals surface area (Å²) in [4.78, 5) is 55.5. The number of amides is 4. The maximum atomic E-state index is 14.2. The molecule has 11 heteroatoms. The lowest BCUT2D eigenvalue weighted by Gasteiger charge is -2.38. The number of rotatable bonds is 9. The summed E-state index contributed by atoms with van der Waals surface area (Å²) in [6.07, 6.45) is 2.78. The molecule has 2 aliphatic carbocycles. The highest BCUT2D eigenvalue weighted by atomic mass is 16.5. The van der Waals surface area contributed by atoms with Crippen molar-refractivity contribution in [3.05, 3.63) is 36.2 Å². The summed E-state index contributed by atoms with van der Waals surface area (Å²) in [6.45, 7) is 10.2. The Hall–Kier alpha value is -3.60. The smallest absolute Gasteiger partial charge is 0.250 e. The number of carbonyl (C=O) groups excluding carboxylic acids is 4. The lowest BCUT2D eigenvalue weighted by Crippen LogP contribution is -2.60. The lowest BCUT2D eigenvalue weighted by atomic mass is 9.85. The van der Waals surface area contributed by atoms with Crippen LogP contribution < -0.4 is 16.4 Å². The van der Waals surface area contributed by atoms with E-state index in [9.17, 15) is 19.2 Å². The van der Waals surface area contributed by atoms with E-state index in [1.54, 1.807) is 23.2 Å². The molecule has 1 saturated heterocycles. The van der Waals surface area contributed by atoms with Gasteiger partial charge in [-0.05, 0) is 41.4 Å². The van der Waals surface area contributed by atoms with Crippen LogP contribution in [0.2, 0.25) is 0 Å². The average molecular weight is 565 g/mol. The number of fused-ring (bicyclic) bond motifs is 2. The Morgan fingerprint density at radius 2 is 1.80 bits per heavy atom. The van der Waals surface area contributed by atoms with Crippen LogP contribution in [0, 0.1) is 28.6 Å². The summed E-state index contributed by atoms with van der Waals surface area (Å²) in [5.41, 5.74) is 5.22. The monoisotopic (exact) mass is 564 g/mol. The first-order chi connectivity index (χ1) is 19.3. The van der Waals surface area contributed by atoms with Gasteiger partial charge in [-0.15, -0.1) is 0 Å². The minimum Gasteiger partial charge on any atom is -0.371 e. The molecule has 4 amide bonds. The quantitative estimate of drug-likeness (QED) is 0.419. The Bertz CT molecular complexity index is 1380. The molecule has 3 fully saturated rings. The first-order valence-corrected chi connectivity index (χ1v) is 14.2. The van der Waals surface area contributed by atoms with Crippen molar-refractivity contribution < 1.29 is 23.9 Å². The predicted octanol–water partition coefficient (Wildman–Crippen LogP) is 1.71. The van der Waals surface area contributed by atoms with Crippen LogP contribution in [0.4, 0.5) is 0 Å². The van der Waals surface area contributed by atoms with E-state index < -0.39 is 41.5 Å². The van der Waals surface area contributed by atoms with Crippen LogP contribution in [0.15, 0.2) is 30.5 Å². The van der Waals surface area contributed by atoms with Crippen molar-refractivity contribution in [1.29, 1.82) is 0 Å². The van der Waals surface area contributed by atoms with Gasteiger partial charge in [0.15, 0.2) is 6.04 Å². The second-order valence-electron chi connectivity index (χ2n) is 13.4. The highest BCUT2D eigenvalue weighted by Gasteiger charge is 2.70. The number of ether oxygens (including phenoxy) is 1. The number of likely N-dealkylation sites (tertiary alicyclic amines) is 1. The van der Waals surface area contributed by atoms with Crippen LogP contribution in [-0.2, 0) is 23.9 Å². The number of piperidine rings is 1. The molecule has 0 radical (unpaired) electrons. The van der Waals surface area contributed by atoms with Crippen molar-refractivity contribution in [2.45, 2.75) is 71.7 Å². The molecular formula is C30H40N6O5. The topological polar surface area (TPSA) is 157 Å². The van der Waals surface area contributed by atoms with Gasteiger partial charge in [0.25, 0.3) is 0 Å². The van der Waals surface area contributed by atoms with E-state index in [1.807, 2.05) is 32.9 Å². The summed E-state index contributed by atoms with van der Waals surface area (Å²) in [5.74, 6) is -1.76. The third-order valence-electron chi connectivity index (χ3n) is 9.17. The third kappa shape index (κ3) is 5.27. The van der Waals surface area contributed by atoms with Crippen LogP contribution in [0.25, 0.3) is 10.8 Å². The average Bonchev–Trinajstić information content (AvgIpc) is 3.78. The highest BCUT2D eigenvalue weighted by molar-refractivity contribution is 5.97. The molecule has 41 heavy (non-hydrogen) atoms. The van der Waals surface area contributed by atoms with E-state index in [1.165, 1.54) is 7.11 Å². The van der Waals surface area contributed by atoms with E-state index in [-0.39, 0.29) is 40.7 Å². The molecule has 0 bridgehead atoms. The van der Waals surface area contributed by atoms with Crippen molar-refractivity contribution in [2.24, 2.45) is 34.3 Å². The number of nitrogens with zero attached hydrogens (tertiary/aromatic N) is 3. The van der Waals surface area contributed by atoms with Gasteiger partial charge < -0.3 is 26.0 Å². The van der Waals surface area contributed by atoms with Crippen molar-refractivity contribution in [2.75, 3.05) is 13.7 Å². The molecule has 2 unspecified atom stereocenters. The van der Waals surface area contributed by atoms with Gasteiger partial charge in [-0.1, -0.05) is 58.9 Å². The molecule has 6 atom stereocenters. The molecule has 0 spiro atoms. The fourth-order valence-corrected chi connectivity index (χ4v) is 6.53. The van der Waals surface area contributed by atoms with Gasteiger partial charge in [-0.25, -0.2) is 0 Å². The fourth-order valence-electron chi connectivity index (χ4n) is 6.53. The normalized spacial score (nSPS) is 25.1. The summed E-state index contributed by atoms with van der Waals surface area (Å²) < 4.78 is 5.45. The molecule has 5 rings (SSSR count). The Morgan fingerprint density at radius 1 is 1.12 bits per heavy atom. The number of primary amides is 1. The number of aromatic nitrogens is 2. The van der Waals surface area contributed by atoms with Gasteiger partial charge in [0.1, 0.15) is 23.9 Å². The third-order valence-corrected chi connectivity index (χ3v) is 9.17. The van der Waals surface area contributed by atoms with Crippen LogP contribution >= 0.6 is 0 Å². The number of hydrogen-bond donors (Lipinski definition) is 3. The van der Waals surface area contributed by atoms with Crippen LogP contribution in [0.5, 0.6) is 0 Å². The largest absolute Gasteiger partial charge is 0.371 e. The van der Waals surface area contributed by atoms with Crippen molar-refractivity contribution >= 4 is 34.4 Å². The minimum atomic E-state index is -1.24. The fraction of sp³-hybridized carbons (Fsp3) is 0.600. The van der Waals surface area contributed by atoms with E-state index in [4.69, 9.17) is 10.5 Å². The number of benzene rings is 1. The summed E-state index contributed by atoms with van der Waals surface area (Å²) in [6, 6.07) is 4.32. The predicted molar refractivity (Wildman–Crippen MR) is 151 cm³/mol. The number of carbonyl (C=O) groups is 4. The van der Waals surface area contributed by atoms with E-state index in [0.29, 0.717) is 11.9 Å². The molecule has 11 nitrogen and oxygen atoms in total. The van der Waals surface area contributed by atoms with Gasteiger partial charge in [-0.3, -0.25) is 19.2 Å². The Balaban J connectivity index is 1.42. The molecule has 3 aliphatic rings. The standard InChI is InChI=1S/C30H40N6O5/c1-29(2,3)24(34-27(39)23(41-6)15-11-12-15)28(40)36-14-18-19(30(18,4)5)22(36)26(38)33-21(25(31)37)20-17-10-8-7-9-16(17)13-32-35-20/h7-10,13,15,18-19,21-24H,11-12,14H2,1-6H3,(H2,31,37)(H,33,38)(H,34,39)/t18-,19-,21?,22-,23?,24+/m0/s1. The number of nitrogens with one attached hydrogen (secondary N) is 2. The summed E-state index contributed by atoms with van der Waals surface area (Å²) >= 11 is 0. The molecule has 2 heterocycles. The van der Waals surface area contributed by atoms with Gasteiger partial charge in [0.05, 0.1) is 6.20 Å². The molecule has 2 saturated carbocycles. The molecule has 2 aromatic rings. The van der Waals surface area contributed by atoms with Crippen molar-refractivity contribution in [3.8, 4) is 0 Å². The molecular weight excluding hydrogens is 524 g/mol. The van der Waals surface area contributed by atoms with E-state index in [0.717, 1.165) is 18.2 Å². The SMILES string of the molecule is COC(C(=O)N[C@H](C(=O)N1C[C@H]2[C@@H]([C@H]1C(=O)NC(C(N)=O)c1nncc3ccccc13)C2(C)C)C(C)(C)C)C1CC1. The van der Waals surface area contributed by atoms with Gasteiger partial charge in [0, 0.05) is 24.4 Å². The first kappa shape index (κ1) is 28.9. The number of nitrogens with two attached hydrogens (primary N) is 1. The van der Waals surface area contributed by atoms with Crippen LogP contribution in [0.3, 0.4) is 0 Å². The zero-order valence-corrected chi connectivity index (χ0v) is 24.5. The Labute approximate surface area is 239 Å². The van der Waals surface area contributed by atoms with Crippen LogP contribution in [-0.4, -0.2) is 70.6 Å². The molecule has 220 valence electrons. The maximum Gasteiger partial charge on any atom is 0.250 e. The second kappa shape index (κ2) is 10.3. The molecule has 1 aromatic heterocycles. The van der Waals surface area contributed by atoms with E-state index >= 15 is 0 Å². The van der Waals surface area contributed by atoms with Gasteiger partial charge >= 0.3 is 0 Å². The Morgan fingerprint density at radius 3 is 2.41 bits per heavy atom. The van der Waals surface area contributed by atoms with Gasteiger partial charge in [-0.2, -0.15) is 10.2 Å². The van der Waals surface area contributed by atoms with Crippen molar-refractivity contribution in [1.82, 2.24) is 25.7 Å². The van der Waals surface area contributed by atoms with E-state index in [2.05, 4.69) is 34.7 Å².